The number of nitrogens with zero attached hydrogens (tertiary/aromatic N) is 1. The molecule has 0 saturated carbocycles. The van der Waals surface area contributed by atoms with E-state index in [9.17, 15) is 9.59 Å². The topological polar surface area (TPSA) is 57.6 Å². The van der Waals surface area contributed by atoms with Gasteiger partial charge in [0, 0.05) is 18.9 Å². The van der Waals surface area contributed by atoms with Crippen LogP contribution in [0, 0.1) is 5.92 Å². The fourth-order valence-electron chi connectivity index (χ4n) is 1.87. The van der Waals surface area contributed by atoms with Crippen LogP contribution in [0.15, 0.2) is 0 Å². The number of likely N-dealkylation sites (tertiary alicyclic amines) is 1. The highest BCUT2D eigenvalue weighted by molar-refractivity contribution is 7.80. The maximum atomic E-state index is 11.4. The van der Waals surface area contributed by atoms with Crippen LogP contribution in [0.25, 0.3) is 0 Å². The zero-order valence-electron chi connectivity index (χ0n) is 8.14. The zero-order valence-corrected chi connectivity index (χ0v) is 9.04. The molecule has 2 atom stereocenters. The van der Waals surface area contributed by atoms with E-state index in [2.05, 4.69) is 12.6 Å². The SMILES string of the molecule is CCC(=O)N1CCC(CS)[C@H]1C(=O)O. The Morgan fingerprint density at radius 2 is 2.21 bits per heavy atom. The van der Waals surface area contributed by atoms with Crippen LogP contribution in [0.3, 0.4) is 0 Å². The predicted molar refractivity (Wildman–Crippen MR) is 55.4 cm³/mol. The second-order valence-electron chi connectivity index (χ2n) is 3.46. The first-order valence-electron chi connectivity index (χ1n) is 4.75. The van der Waals surface area contributed by atoms with Crippen LogP contribution in [0.5, 0.6) is 0 Å². The molecule has 80 valence electrons. The molecule has 14 heavy (non-hydrogen) atoms. The maximum absolute atomic E-state index is 11.4. The Hall–Kier alpha value is -0.710. The van der Waals surface area contributed by atoms with E-state index in [0.29, 0.717) is 18.7 Å². The molecule has 0 radical (unpaired) electrons. The number of carboxylic acid groups (broad SMARTS) is 1. The summed E-state index contributed by atoms with van der Waals surface area (Å²) in [7, 11) is 0. The Labute approximate surface area is 88.7 Å². The smallest absolute Gasteiger partial charge is 0.326 e. The van der Waals surface area contributed by atoms with Crippen molar-refractivity contribution < 1.29 is 14.7 Å². The van der Waals surface area contributed by atoms with Gasteiger partial charge in [-0.3, -0.25) is 4.79 Å². The van der Waals surface area contributed by atoms with Crippen molar-refractivity contribution in [3.63, 3.8) is 0 Å². The minimum absolute atomic E-state index is 0.00802. The average Bonchev–Trinajstić information content (AvgIpc) is 2.59. The Balaban J connectivity index is 2.78. The number of thiol groups is 1. The lowest BCUT2D eigenvalue weighted by Crippen LogP contribution is -2.43. The lowest BCUT2D eigenvalue weighted by atomic mass is 10.0. The Bertz CT molecular complexity index is 244. The summed E-state index contributed by atoms with van der Waals surface area (Å²) in [6, 6.07) is -0.667. The van der Waals surface area contributed by atoms with Crippen molar-refractivity contribution >= 4 is 24.5 Å². The summed E-state index contributed by atoms with van der Waals surface area (Å²) in [5, 5.41) is 9.00. The molecule has 0 aromatic heterocycles. The van der Waals surface area contributed by atoms with Crippen LogP contribution in [-0.4, -0.2) is 40.2 Å². The Morgan fingerprint density at radius 3 is 2.64 bits per heavy atom. The fraction of sp³-hybridized carbons (Fsp3) is 0.778. The zero-order chi connectivity index (χ0) is 10.7. The number of aliphatic carboxylic acids is 1. The van der Waals surface area contributed by atoms with Gasteiger partial charge < -0.3 is 10.0 Å². The van der Waals surface area contributed by atoms with Gasteiger partial charge in [-0.1, -0.05) is 6.92 Å². The molecule has 0 spiro atoms. The van der Waals surface area contributed by atoms with E-state index in [1.54, 1.807) is 6.92 Å². The first kappa shape index (κ1) is 11.4. The van der Waals surface area contributed by atoms with Gasteiger partial charge in [-0.25, -0.2) is 4.79 Å². The summed E-state index contributed by atoms with van der Waals surface area (Å²) in [6.07, 6.45) is 1.11. The van der Waals surface area contributed by atoms with E-state index in [1.165, 1.54) is 4.90 Å². The molecule has 0 aliphatic carbocycles. The molecule has 0 aromatic rings. The predicted octanol–water partition coefficient (Wildman–Crippen LogP) is 0.628. The van der Waals surface area contributed by atoms with Crippen LogP contribution in [-0.2, 0) is 9.59 Å². The Kier molecular flexibility index (Phi) is 3.80. The van der Waals surface area contributed by atoms with Gasteiger partial charge in [-0.15, -0.1) is 0 Å². The highest BCUT2D eigenvalue weighted by Gasteiger charge is 2.40. The van der Waals surface area contributed by atoms with Crippen molar-refractivity contribution in [2.75, 3.05) is 12.3 Å². The highest BCUT2D eigenvalue weighted by Crippen LogP contribution is 2.26. The number of rotatable bonds is 3. The van der Waals surface area contributed by atoms with E-state index < -0.39 is 12.0 Å². The van der Waals surface area contributed by atoms with Gasteiger partial charge in [-0.2, -0.15) is 12.6 Å². The average molecular weight is 217 g/mol. The summed E-state index contributed by atoms with van der Waals surface area (Å²) < 4.78 is 0. The summed E-state index contributed by atoms with van der Waals surface area (Å²) in [5.74, 6) is -0.485. The second kappa shape index (κ2) is 4.68. The largest absolute Gasteiger partial charge is 0.480 e. The summed E-state index contributed by atoms with van der Waals surface area (Å²) in [5.41, 5.74) is 0. The molecule has 1 saturated heterocycles. The van der Waals surface area contributed by atoms with Gasteiger partial charge in [0.25, 0.3) is 0 Å². The van der Waals surface area contributed by atoms with Crippen molar-refractivity contribution in [1.29, 1.82) is 0 Å². The number of hydrogen-bond acceptors (Lipinski definition) is 3. The van der Waals surface area contributed by atoms with Crippen LogP contribution in [0.1, 0.15) is 19.8 Å². The molecule has 0 bridgehead atoms. The third kappa shape index (κ3) is 2.03. The van der Waals surface area contributed by atoms with E-state index >= 15 is 0 Å². The fourth-order valence-corrected chi connectivity index (χ4v) is 2.25. The molecule has 4 nitrogen and oxygen atoms in total. The molecule has 1 unspecified atom stereocenters. The summed E-state index contributed by atoms with van der Waals surface area (Å²) in [4.78, 5) is 23.9. The summed E-state index contributed by atoms with van der Waals surface area (Å²) >= 11 is 4.11. The lowest BCUT2D eigenvalue weighted by Gasteiger charge is -2.23. The van der Waals surface area contributed by atoms with E-state index in [1.807, 2.05) is 0 Å². The van der Waals surface area contributed by atoms with Crippen molar-refractivity contribution in [2.45, 2.75) is 25.8 Å². The molecule has 1 aliphatic rings. The van der Waals surface area contributed by atoms with Crippen molar-refractivity contribution in [1.82, 2.24) is 4.90 Å². The van der Waals surface area contributed by atoms with E-state index in [0.717, 1.165) is 6.42 Å². The molecular formula is C9H15NO3S. The minimum atomic E-state index is -0.914. The third-order valence-corrected chi connectivity index (χ3v) is 3.10. The molecule has 0 aromatic carbocycles. The van der Waals surface area contributed by atoms with Crippen molar-refractivity contribution in [2.24, 2.45) is 5.92 Å². The van der Waals surface area contributed by atoms with E-state index in [-0.39, 0.29) is 11.8 Å². The molecule has 1 rings (SSSR count). The minimum Gasteiger partial charge on any atom is -0.480 e. The normalized spacial score (nSPS) is 26.6. The number of carbonyl (C=O) groups is 2. The first-order chi connectivity index (χ1) is 6.61. The van der Waals surface area contributed by atoms with Crippen LogP contribution in [0.4, 0.5) is 0 Å². The number of carboxylic acids is 1. The van der Waals surface area contributed by atoms with Crippen LogP contribution < -0.4 is 0 Å². The monoisotopic (exact) mass is 217 g/mol. The van der Waals surface area contributed by atoms with Crippen LogP contribution in [0.2, 0.25) is 0 Å². The quantitative estimate of drug-likeness (QED) is 0.682. The molecule has 1 heterocycles. The molecule has 1 N–H and O–H groups in total. The summed E-state index contributed by atoms with van der Waals surface area (Å²) in [6.45, 7) is 2.30. The van der Waals surface area contributed by atoms with Crippen molar-refractivity contribution in [3.8, 4) is 0 Å². The van der Waals surface area contributed by atoms with Crippen LogP contribution >= 0.6 is 12.6 Å². The molecule has 5 heteroatoms. The molecule has 1 amide bonds. The first-order valence-corrected chi connectivity index (χ1v) is 5.38. The van der Waals surface area contributed by atoms with Gasteiger partial charge in [0.15, 0.2) is 0 Å². The molecular weight excluding hydrogens is 202 g/mol. The van der Waals surface area contributed by atoms with E-state index in [4.69, 9.17) is 5.11 Å². The Morgan fingerprint density at radius 1 is 1.57 bits per heavy atom. The number of amides is 1. The second-order valence-corrected chi connectivity index (χ2v) is 3.82. The third-order valence-electron chi connectivity index (χ3n) is 2.63. The van der Waals surface area contributed by atoms with Gasteiger partial charge in [0.2, 0.25) is 5.91 Å². The molecule has 1 fully saturated rings. The van der Waals surface area contributed by atoms with Crippen molar-refractivity contribution in [3.05, 3.63) is 0 Å². The van der Waals surface area contributed by atoms with Gasteiger partial charge >= 0.3 is 5.97 Å². The standard InChI is InChI=1S/C9H15NO3S/c1-2-7(11)10-4-3-6(5-14)8(10)9(12)13/h6,8,14H,2-5H2,1H3,(H,12,13)/t6?,8-/m0/s1. The number of carbonyl (C=O) groups excluding carboxylic acids is 1. The van der Waals surface area contributed by atoms with Gasteiger partial charge in [0.05, 0.1) is 0 Å². The van der Waals surface area contributed by atoms with Gasteiger partial charge in [-0.05, 0) is 12.2 Å². The molecule has 1 aliphatic heterocycles. The number of hydrogen-bond donors (Lipinski definition) is 2. The van der Waals surface area contributed by atoms with Gasteiger partial charge in [0.1, 0.15) is 6.04 Å². The maximum Gasteiger partial charge on any atom is 0.326 e. The highest BCUT2D eigenvalue weighted by atomic mass is 32.1. The lowest BCUT2D eigenvalue weighted by molar-refractivity contribution is -0.149.